The second-order valence-corrected chi connectivity index (χ2v) is 11.3. The number of nitrogens with zero attached hydrogens (tertiary/aromatic N) is 2. The number of hydrogen-bond donors (Lipinski definition) is 1. The van der Waals surface area contributed by atoms with Crippen molar-refractivity contribution in [3.63, 3.8) is 0 Å². The fourth-order valence-electron chi connectivity index (χ4n) is 4.81. The van der Waals surface area contributed by atoms with Gasteiger partial charge in [-0.2, -0.15) is 4.31 Å². The Labute approximate surface area is 203 Å². The van der Waals surface area contributed by atoms with Crippen molar-refractivity contribution < 1.29 is 17.9 Å². The zero-order chi connectivity index (χ0) is 24.1. The Kier molecular flexibility index (Phi) is 7.91. The van der Waals surface area contributed by atoms with Crippen LogP contribution in [0.25, 0.3) is 0 Å². The minimum absolute atomic E-state index is 0.0694. The van der Waals surface area contributed by atoms with Crippen LogP contribution in [0.3, 0.4) is 0 Å². The van der Waals surface area contributed by atoms with E-state index >= 15 is 0 Å². The van der Waals surface area contributed by atoms with Crippen molar-refractivity contribution >= 4 is 21.6 Å². The van der Waals surface area contributed by atoms with Crippen LogP contribution in [0, 0.1) is 12.8 Å². The molecule has 4 rings (SSSR count). The van der Waals surface area contributed by atoms with Crippen LogP contribution in [-0.4, -0.2) is 56.8 Å². The van der Waals surface area contributed by atoms with Crippen LogP contribution in [0.4, 0.5) is 5.69 Å². The number of rotatable bonds is 7. The highest BCUT2D eigenvalue weighted by atomic mass is 32.2. The first kappa shape index (κ1) is 24.7. The summed E-state index contributed by atoms with van der Waals surface area (Å²) in [6, 6.07) is 13.4. The standard InChI is InChI=1S/C26H35N3O4S/c1-20-8-10-21(11-9-20)18-28-14-6-7-22(19-28)26(30)27-23-12-13-24(33-2)25(17-23)34(31,32)29-15-4-3-5-16-29/h8-13,17,22H,3-7,14-16,18-19H2,1-2H3,(H,27,30). The van der Waals surface area contributed by atoms with Crippen LogP contribution in [0.1, 0.15) is 43.2 Å². The Morgan fingerprint density at radius 3 is 2.47 bits per heavy atom. The summed E-state index contributed by atoms with van der Waals surface area (Å²) in [5, 5.41) is 2.97. The van der Waals surface area contributed by atoms with E-state index in [1.54, 1.807) is 12.1 Å². The van der Waals surface area contributed by atoms with Gasteiger partial charge in [-0.25, -0.2) is 8.42 Å². The van der Waals surface area contributed by atoms with Gasteiger partial charge < -0.3 is 10.1 Å². The molecule has 184 valence electrons. The fourth-order valence-corrected chi connectivity index (χ4v) is 6.51. The van der Waals surface area contributed by atoms with Gasteiger partial charge in [-0.3, -0.25) is 9.69 Å². The second kappa shape index (κ2) is 10.9. The molecule has 0 saturated carbocycles. The zero-order valence-corrected chi connectivity index (χ0v) is 20.9. The summed E-state index contributed by atoms with van der Waals surface area (Å²) in [6.07, 6.45) is 4.55. The Hall–Kier alpha value is -2.42. The summed E-state index contributed by atoms with van der Waals surface area (Å²) >= 11 is 0. The number of carbonyl (C=O) groups is 1. The number of carbonyl (C=O) groups excluding carboxylic acids is 1. The minimum atomic E-state index is -3.69. The Morgan fingerprint density at radius 1 is 1.03 bits per heavy atom. The molecule has 2 aliphatic rings. The van der Waals surface area contributed by atoms with E-state index in [1.165, 1.54) is 28.6 Å². The number of anilines is 1. The average Bonchev–Trinajstić information content (AvgIpc) is 2.86. The third kappa shape index (κ3) is 5.79. The van der Waals surface area contributed by atoms with Gasteiger partial charge in [0.05, 0.1) is 13.0 Å². The third-order valence-electron chi connectivity index (χ3n) is 6.77. The molecule has 1 unspecified atom stereocenters. The summed E-state index contributed by atoms with van der Waals surface area (Å²) in [5.74, 6) is 0.0917. The highest BCUT2D eigenvalue weighted by Gasteiger charge is 2.30. The molecule has 34 heavy (non-hydrogen) atoms. The maximum Gasteiger partial charge on any atom is 0.246 e. The van der Waals surface area contributed by atoms with Crippen LogP contribution >= 0.6 is 0 Å². The molecule has 7 nitrogen and oxygen atoms in total. The van der Waals surface area contributed by atoms with E-state index in [-0.39, 0.29) is 16.7 Å². The summed E-state index contributed by atoms with van der Waals surface area (Å²) in [6.45, 7) is 5.59. The van der Waals surface area contributed by atoms with Gasteiger partial charge in [0.15, 0.2) is 0 Å². The van der Waals surface area contributed by atoms with Crippen molar-refractivity contribution in [2.24, 2.45) is 5.92 Å². The van der Waals surface area contributed by atoms with E-state index in [4.69, 9.17) is 4.74 Å². The van der Waals surface area contributed by atoms with E-state index in [1.807, 2.05) is 0 Å². The smallest absolute Gasteiger partial charge is 0.246 e. The molecule has 2 aromatic carbocycles. The number of piperidine rings is 2. The van der Waals surface area contributed by atoms with Gasteiger partial charge in [-0.05, 0) is 62.9 Å². The molecule has 0 aromatic heterocycles. The monoisotopic (exact) mass is 485 g/mol. The summed E-state index contributed by atoms with van der Waals surface area (Å²) in [5.41, 5.74) is 2.97. The lowest BCUT2D eigenvalue weighted by molar-refractivity contribution is -0.121. The molecule has 2 heterocycles. The van der Waals surface area contributed by atoms with Crippen LogP contribution < -0.4 is 10.1 Å². The van der Waals surface area contributed by atoms with Gasteiger partial charge in [-0.1, -0.05) is 36.2 Å². The van der Waals surface area contributed by atoms with Gasteiger partial charge in [0.2, 0.25) is 15.9 Å². The van der Waals surface area contributed by atoms with E-state index in [2.05, 4.69) is 41.4 Å². The van der Waals surface area contributed by atoms with Crippen LogP contribution in [0.5, 0.6) is 5.75 Å². The molecular weight excluding hydrogens is 450 g/mol. The van der Waals surface area contributed by atoms with Crippen LogP contribution in [-0.2, 0) is 21.4 Å². The molecule has 8 heteroatoms. The molecule has 2 fully saturated rings. The number of methoxy groups -OCH3 is 1. The van der Waals surface area contributed by atoms with Gasteiger partial charge in [0.25, 0.3) is 0 Å². The highest BCUT2D eigenvalue weighted by molar-refractivity contribution is 7.89. The fraction of sp³-hybridized carbons (Fsp3) is 0.500. The highest BCUT2D eigenvalue weighted by Crippen LogP contribution is 2.31. The van der Waals surface area contributed by atoms with E-state index in [9.17, 15) is 13.2 Å². The number of ether oxygens (including phenoxy) is 1. The van der Waals surface area contributed by atoms with E-state index in [0.717, 1.165) is 45.2 Å². The Balaban J connectivity index is 1.45. The number of benzene rings is 2. The van der Waals surface area contributed by atoms with Crippen LogP contribution in [0.15, 0.2) is 47.4 Å². The lowest BCUT2D eigenvalue weighted by atomic mass is 9.96. The number of nitrogens with one attached hydrogen (secondary N) is 1. The predicted octanol–water partition coefficient (Wildman–Crippen LogP) is 4.03. The van der Waals surface area contributed by atoms with Crippen molar-refractivity contribution in [1.29, 1.82) is 0 Å². The zero-order valence-electron chi connectivity index (χ0n) is 20.1. The van der Waals surface area contributed by atoms with Crippen molar-refractivity contribution in [2.75, 3.05) is 38.6 Å². The number of likely N-dealkylation sites (tertiary alicyclic amines) is 1. The van der Waals surface area contributed by atoms with Crippen molar-refractivity contribution in [2.45, 2.75) is 50.5 Å². The molecule has 0 spiro atoms. The van der Waals surface area contributed by atoms with Gasteiger partial charge in [0, 0.05) is 31.9 Å². The Bertz CT molecular complexity index is 1100. The predicted molar refractivity (Wildman–Crippen MR) is 133 cm³/mol. The third-order valence-corrected chi connectivity index (χ3v) is 8.69. The first-order valence-electron chi connectivity index (χ1n) is 12.1. The summed E-state index contributed by atoms with van der Waals surface area (Å²) < 4.78 is 33.4. The van der Waals surface area contributed by atoms with Crippen molar-refractivity contribution in [3.8, 4) is 5.75 Å². The molecule has 1 N–H and O–H groups in total. The molecule has 0 aliphatic carbocycles. The first-order chi connectivity index (χ1) is 16.4. The topological polar surface area (TPSA) is 79.0 Å². The Morgan fingerprint density at radius 2 is 1.76 bits per heavy atom. The molecular formula is C26H35N3O4S. The number of hydrogen-bond acceptors (Lipinski definition) is 5. The molecule has 2 aromatic rings. The van der Waals surface area contributed by atoms with E-state index < -0.39 is 10.0 Å². The summed E-state index contributed by atoms with van der Waals surface area (Å²) in [4.78, 5) is 15.5. The lowest BCUT2D eigenvalue weighted by Crippen LogP contribution is -2.40. The SMILES string of the molecule is COc1ccc(NC(=O)C2CCCN(Cc3ccc(C)cc3)C2)cc1S(=O)(=O)N1CCCCC1. The molecule has 1 atom stereocenters. The number of aryl methyl sites for hydroxylation is 1. The first-order valence-corrected chi connectivity index (χ1v) is 13.6. The van der Waals surface area contributed by atoms with Gasteiger partial charge in [0.1, 0.15) is 10.6 Å². The van der Waals surface area contributed by atoms with E-state index in [0.29, 0.717) is 31.1 Å². The maximum atomic E-state index is 13.3. The second-order valence-electron chi connectivity index (χ2n) is 9.38. The quantitative estimate of drug-likeness (QED) is 0.641. The normalized spacial score (nSPS) is 20.1. The van der Waals surface area contributed by atoms with Crippen LogP contribution in [0.2, 0.25) is 0 Å². The largest absolute Gasteiger partial charge is 0.495 e. The minimum Gasteiger partial charge on any atom is -0.495 e. The van der Waals surface area contributed by atoms with Gasteiger partial charge in [-0.15, -0.1) is 0 Å². The lowest BCUT2D eigenvalue weighted by Gasteiger charge is -2.32. The molecule has 0 radical (unpaired) electrons. The summed E-state index contributed by atoms with van der Waals surface area (Å²) in [7, 11) is -2.22. The molecule has 1 amide bonds. The molecule has 0 bridgehead atoms. The number of amides is 1. The van der Waals surface area contributed by atoms with Crippen molar-refractivity contribution in [1.82, 2.24) is 9.21 Å². The average molecular weight is 486 g/mol. The molecule has 2 aliphatic heterocycles. The van der Waals surface area contributed by atoms with Crippen molar-refractivity contribution in [3.05, 3.63) is 53.6 Å². The molecule has 2 saturated heterocycles. The maximum absolute atomic E-state index is 13.3. The number of sulfonamides is 1. The van der Waals surface area contributed by atoms with Gasteiger partial charge >= 0.3 is 0 Å².